The van der Waals surface area contributed by atoms with Crippen molar-refractivity contribution in [2.75, 3.05) is 6.61 Å². The van der Waals surface area contributed by atoms with Crippen molar-refractivity contribution in [2.24, 2.45) is 10.2 Å². The quantitative estimate of drug-likeness (QED) is 0.665. The van der Waals surface area contributed by atoms with Crippen molar-refractivity contribution in [3.05, 3.63) is 66.4 Å². The fraction of sp³-hybridized carbons (Fsp3) is 0.143. The number of hydrogen-bond donors (Lipinski definition) is 0. The predicted octanol–water partition coefficient (Wildman–Crippen LogP) is 3.38. The van der Waals surface area contributed by atoms with E-state index < -0.39 is 5.54 Å². The molecule has 17 heavy (non-hydrogen) atoms. The summed E-state index contributed by atoms with van der Waals surface area (Å²) in [6.07, 6.45) is 3.71. The molecule has 3 nitrogen and oxygen atoms in total. The second-order valence-corrected chi connectivity index (χ2v) is 4.01. The molecule has 2 heterocycles. The third-order valence-corrected chi connectivity index (χ3v) is 2.90. The lowest BCUT2D eigenvalue weighted by atomic mass is 9.94. The van der Waals surface area contributed by atoms with Crippen LogP contribution in [-0.2, 0) is 5.54 Å². The third-order valence-electron chi connectivity index (χ3n) is 2.90. The Morgan fingerprint density at radius 2 is 1.76 bits per heavy atom. The minimum Gasteiger partial charge on any atom is -0.490 e. The Kier molecular flexibility index (Phi) is 2.37. The zero-order valence-corrected chi connectivity index (χ0v) is 9.28. The molecule has 1 spiro atoms. The lowest BCUT2D eigenvalue weighted by Gasteiger charge is -2.12. The maximum Gasteiger partial charge on any atom is 0.164 e. The highest BCUT2D eigenvalue weighted by Gasteiger charge is 2.40. The predicted molar refractivity (Wildman–Crippen MR) is 65.2 cm³/mol. The van der Waals surface area contributed by atoms with Gasteiger partial charge in [0.25, 0.3) is 0 Å². The van der Waals surface area contributed by atoms with Gasteiger partial charge in [-0.05, 0) is 12.1 Å². The van der Waals surface area contributed by atoms with Crippen LogP contribution in [0.1, 0.15) is 5.56 Å². The first-order valence-electron chi connectivity index (χ1n) is 5.56. The van der Waals surface area contributed by atoms with Crippen LogP contribution in [0.4, 0.5) is 0 Å². The van der Waals surface area contributed by atoms with Crippen molar-refractivity contribution < 1.29 is 4.74 Å². The Hall–Kier alpha value is -2.16. The van der Waals surface area contributed by atoms with Crippen LogP contribution in [0.25, 0.3) is 0 Å². The summed E-state index contributed by atoms with van der Waals surface area (Å²) in [6.45, 7) is 0.528. The van der Waals surface area contributed by atoms with Crippen LogP contribution in [0.15, 0.2) is 71.0 Å². The molecule has 0 fully saturated rings. The van der Waals surface area contributed by atoms with Gasteiger partial charge in [-0.1, -0.05) is 42.5 Å². The Morgan fingerprint density at radius 1 is 1.00 bits per heavy atom. The summed E-state index contributed by atoms with van der Waals surface area (Å²) >= 11 is 0. The highest BCUT2D eigenvalue weighted by molar-refractivity contribution is 5.45. The molecule has 84 valence electrons. The van der Waals surface area contributed by atoms with Crippen molar-refractivity contribution in [3.8, 4) is 5.75 Å². The van der Waals surface area contributed by atoms with E-state index in [2.05, 4.69) is 10.2 Å². The van der Waals surface area contributed by atoms with E-state index in [4.69, 9.17) is 4.74 Å². The van der Waals surface area contributed by atoms with E-state index in [1.54, 1.807) is 6.20 Å². The molecule has 1 aromatic rings. The van der Waals surface area contributed by atoms with Gasteiger partial charge in [-0.25, -0.2) is 0 Å². The minimum absolute atomic E-state index is 0.410. The molecule has 3 heteroatoms. The van der Waals surface area contributed by atoms with Crippen molar-refractivity contribution >= 4 is 0 Å². The van der Waals surface area contributed by atoms with Gasteiger partial charge in [-0.3, -0.25) is 0 Å². The molecule has 2 aliphatic rings. The van der Waals surface area contributed by atoms with Crippen molar-refractivity contribution in [1.29, 1.82) is 0 Å². The van der Waals surface area contributed by atoms with E-state index in [1.165, 1.54) is 0 Å². The average molecular weight is 224 g/mol. The summed E-state index contributed by atoms with van der Waals surface area (Å²) in [7, 11) is 0. The second kappa shape index (κ2) is 4.01. The maximum absolute atomic E-state index is 5.71. The smallest absolute Gasteiger partial charge is 0.164 e. The van der Waals surface area contributed by atoms with Gasteiger partial charge in [0.2, 0.25) is 0 Å². The number of rotatable bonds is 0. The van der Waals surface area contributed by atoms with Crippen molar-refractivity contribution in [3.63, 3.8) is 0 Å². The van der Waals surface area contributed by atoms with Crippen LogP contribution in [0.5, 0.6) is 5.75 Å². The Morgan fingerprint density at radius 3 is 2.53 bits per heavy atom. The van der Waals surface area contributed by atoms with Crippen LogP contribution >= 0.6 is 0 Å². The van der Waals surface area contributed by atoms with E-state index >= 15 is 0 Å². The zero-order chi connectivity index (χ0) is 11.6. The van der Waals surface area contributed by atoms with E-state index in [0.717, 1.165) is 11.3 Å². The lowest BCUT2D eigenvalue weighted by molar-refractivity contribution is 0.300. The molecule has 0 N–H and O–H groups in total. The molecule has 0 radical (unpaired) electrons. The van der Waals surface area contributed by atoms with Crippen LogP contribution in [0.2, 0.25) is 0 Å². The Bertz CT molecular complexity index is 536. The van der Waals surface area contributed by atoms with Gasteiger partial charge in [0, 0.05) is 11.8 Å². The SMILES string of the molecule is C1=CC2(COc3ccccccccc32)N=N1. The first-order chi connectivity index (χ1) is 8.41. The van der Waals surface area contributed by atoms with Gasteiger partial charge < -0.3 is 4.74 Å². The summed E-state index contributed by atoms with van der Waals surface area (Å²) in [6, 6.07) is 15.9. The average Bonchev–Trinajstić information content (AvgIpc) is 2.95. The van der Waals surface area contributed by atoms with Gasteiger partial charge in [0.15, 0.2) is 5.54 Å². The molecule has 1 aromatic carbocycles. The van der Waals surface area contributed by atoms with E-state index in [0.29, 0.717) is 6.61 Å². The summed E-state index contributed by atoms with van der Waals surface area (Å²) < 4.78 is 5.71. The second-order valence-electron chi connectivity index (χ2n) is 4.01. The number of nitrogens with zero attached hydrogens (tertiary/aromatic N) is 2. The summed E-state index contributed by atoms with van der Waals surface area (Å²) in [4.78, 5) is 0. The Labute approximate surface area is 99.8 Å². The molecule has 0 aromatic heterocycles. The molecule has 0 aliphatic carbocycles. The van der Waals surface area contributed by atoms with E-state index in [9.17, 15) is 0 Å². The van der Waals surface area contributed by atoms with Crippen LogP contribution in [0.3, 0.4) is 0 Å². The third kappa shape index (κ3) is 1.69. The molecule has 0 saturated heterocycles. The fourth-order valence-corrected chi connectivity index (χ4v) is 2.02. The summed E-state index contributed by atoms with van der Waals surface area (Å²) in [5.74, 6) is 0.867. The van der Waals surface area contributed by atoms with E-state index in [-0.39, 0.29) is 0 Å². The van der Waals surface area contributed by atoms with Gasteiger partial charge in [0.1, 0.15) is 12.4 Å². The molecule has 3 rings (SSSR count). The molecular formula is C14H12N2O. The van der Waals surface area contributed by atoms with Gasteiger partial charge in [-0.15, -0.1) is 0 Å². The van der Waals surface area contributed by atoms with Crippen molar-refractivity contribution in [1.82, 2.24) is 0 Å². The number of fused-ring (bicyclic) bond motifs is 2. The summed E-state index contributed by atoms with van der Waals surface area (Å²) in [5, 5.41) is 8.23. The molecule has 1 atom stereocenters. The van der Waals surface area contributed by atoms with Gasteiger partial charge in [0.05, 0.1) is 0 Å². The fourth-order valence-electron chi connectivity index (χ4n) is 2.02. The molecule has 1 unspecified atom stereocenters. The molecule has 0 bridgehead atoms. The highest BCUT2D eigenvalue weighted by Crippen LogP contribution is 2.41. The van der Waals surface area contributed by atoms with Crippen LogP contribution in [-0.4, -0.2) is 6.61 Å². The zero-order valence-electron chi connectivity index (χ0n) is 9.28. The number of hydrogen-bond acceptors (Lipinski definition) is 3. The standard InChI is InChI=1S/C14H12N2O/c1-2-4-6-8-13-12(7-5-3-1)14(11-17-13)9-10-15-16-14/h1-10H,11H2. The molecule has 0 amide bonds. The van der Waals surface area contributed by atoms with Gasteiger partial charge >= 0.3 is 0 Å². The largest absolute Gasteiger partial charge is 0.490 e. The summed E-state index contributed by atoms with van der Waals surface area (Å²) in [5.41, 5.74) is 0.651. The first-order valence-corrected chi connectivity index (χ1v) is 5.56. The topological polar surface area (TPSA) is 34.0 Å². The maximum atomic E-state index is 5.71. The molecular weight excluding hydrogens is 212 g/mol. The first kappa shape index (κ1) is 10.0. The highest BCUT2D eigenvalue weighted by atomic mass is 16.5. The van der Waals surface area contributed by atoms with Crippen LogP contribution in [0, 0.1) is 0 Å². The van der Waals surface area contributed by atoms with Gasteiger partial charge in [-0.2, -0.15) is 10.2 Å². The van der Waals surface area contributed by atoms with Crippen molar-refractivity contribution in [2.45, 2.75) is 5.54 Å². The minimum atomic E-state index is -0.410. The lowest BCUT2D eigenvalue weighted by Crippen LogP contribution is -2.20. The molecule has 0 saturated carbocycles. The van der Waals surface area contributed by atoms with E-state index in [1.807, 2.05) is 54.6 Å². The molecule has 2 aliphatic heterocycles. The monoisotopic (exact) mass is 224 g/mol. The Balaban J connectivity index is 2.21. The number of ether oxygens (including phenoxy) is 1. The van der Waals surface area contributed by atoms with Crippen LogP contribution < -0.4 is 4.74 Å². The number of azo groups is 1. The normalized spacial score (nSPS) is 23.3.